The maximum atomic E-state index is 4.71. The quantitative estimate of drug-likeness (QED) is 0.247. The van der Waals surface area contributed by atoms with Gasteiger partial charge in [-0.1, -0.05) is 93.8 Å². The molecule has 0 amide bonds. The lowest BCUT2D eigenvalue weighted by Gasteiger charge is -2.09. The molecule has 0 unspecified atom stereocenters. The number of allylic oxidation sites excluding steroid dienone is 4. The number of hydrogen-bond donors (Lipinski definition) is 1. The molecule has 0 atom stereocenters. The highest BCUT2D eigenvalue weighted by atomic mass is 15.1. The number of aromatic amines is 1. The van der Waals surface area contributed by atoms with Crippen molar-refractivity contribution in [2.75, 3.05) is 0 Å². The average Bonchev–Trinajstić information content (AvgIpc) is 3.61. The van der Waals surface area contributed by atoms with Gasteiger partial charge in [0.25, 0.3) is 0 Å². The molecule has 0 saturated carbocycles. The van der Waals surface area contributed by atoms with Gasteiger partial charge in [0.15, 0.2) is 11.3 Å². The second-order valence-corrected chi connectivity index (χ2v) is 7.95. The van der Waals surface area contributed by atoms with Crippen LogP contribution in [0.15, 0.2) is 129 Å². The predicted molar refractivity (Wildman–Crippen MR) is 158 cm³/mol. The van der Waals surface area contributed by atoms with E-state index in [1.807, 2.05) is 117 Å². The van der Waals surface area contributed by atoms with Gasteiger partial charge in [0.1, 0.15) is 11.6 Å². The fourth-order valence-corrected chi connectivity index (χ4v) is 3.70. The van der Waals surface area contributed by atoms with Crippen LogP contribution in [0, 0.1) is 0 Å². The minimum absolute atomic E-state index is 0.665. The Morgan fingerprint density at radius 1 is 0.684 bits per heavy atom. The fraction of sp³-hybridized carbons (Fsp3) is 0.0625. The highest BCUT2D eigenvalue weighted by molar-refractivity contribution is 5.84. The highest BCUT2D eigenvalue weighted by Gasteiger charge is 2.14. The summed E-state index contributed by atoms with van der Waals surface area (Å²) in [5.41, 5.74) is 5.61. The van der Waals surface area contributed by atoms with Crippen LogP contribution in [-0.4, -0.2) is 29.5 Å². The van der Waals surface area contributed by atoms with Gasteiger partial charge in [-0.05, 0) is 36.4 Å². The number of rotatable bonds is 5. The molecular weight excluding hydrogens is 468 g/mol. The zero-order valence-corrected chi connectivity index (χ0v) is 21.6. The third kappa shape index (κ3) is 5.99. The number of nitrogens with zero attached hydrogens (tertiary/aromatic N) is 5. The van der Waals surface area contributed by atoms with Gasteiger partial charge in [-0.3, -0.25) is 4.57 Å². The Bertz CT molecular complexity index is 1600. The van der Waals surface area contributed by atoms with Crippen molar-refractivity contribution in [3.05, 3.63) is 140 Å². The van der Waals surface area contributed by atoms with Crippen LogP contribution in [0.2, 0.25) is 0 Å². The molecule has 6 aromatic rings. The maximum absolute atomic E-state index is 4.71. The van der Waals surface area contributed by atoms with E-state index in [9.17, 15) is 0 Å². The molecule has 0 aliphatic carbocycles. The first kappa shape index (κ1) is 26.0. The molecule has 0 fully saturated rings. The zero-order valence-electron chi connectivity index (χ0n) is 21.6. The minimum Gasteiger partial charge on any atom is -0.337 e. The smallest absolute Gasteiger partial charge is 0.178 e. The van der Waals surface area contributed by atoms with E-state index in [2.05, 4.69) is 37.7 Å². The first-order valence-corrected chi connectivity index (χ1v) is 12.5. The van der Waals surface area contributed by atoms with Gasteiger partial charge in [0.05, 0.1) is 11.0 Å². The van der Waals surface area contributed by atoms with Crippen LogP contribution in [0.5, 0.6) is 0 Å². The third-order valence-electron chi connectivity index (χ3n) is 5.45. The molecule has 38 heavy (non-hydrogen) atoms. The van der Waals surface area contributed by atoms with Crippen molar-refractivity contribution < 1.29 is 0 Å². The molecule has 188 valence electrons. The first-order chi connectivity index (χ1) is 18.7. The molecule has 0 radical (unpaired) electrons. The Labute approximate surface area is 222 Å². The van der Waals surface area contributed by atoms with Crippen LogP contribution in [0.25, 0.3) is 39.2 Å². The van der Waals surface area contributed by atoms with Gasteiger partial charge in [-0.15, -0.1) is 0 Å². The van der Waals surface area contributed by atoms with Crippen LogP contribution in [-0.2, 0) is 0 Å². The summed E-state index contributed by atoms with van der Waals surface area (Å²) < 4.78 is 2.06. The fourth-order valence-electron chi connectivity index (χ4n) is 3.70. The Morgan fingerprint density at radius 2 is 1.26 bits per heavy atom. The van der Waals surface area contributed by atoms with Crippen LogP contribution >= 0.6 is 0 Å². The summed E-state index contributed by atoms with van der Waals surface area (Å²) in [7, 11) is 0. The lowest BCUT2D eigenvalue weighted by atomic mass is 10.2. The van der Waals surface area contributed by atoms with Crippen LogP contribution in [0.1, 0.15) is 25.5 Å². The second-order valence-electron chi connectivity index (χ2n) is 7.95. The summed E-state index contributed by atoms with van der Waals surface area (Å²) in [5, 5.41) is 0. The standard InChI is InChI=1S/C24H18N6.C6H6.C2H6/c1-16(21-27-19-10-6-14-25-22(19)28-21)12-13-17(2)24-29-23-20(11-7-15-26-23)30(24)18-8-4-3-5-9-18;1-2-4-6-5-3-1;1-2/h3-15H,1-2H2,(H,25,27,28);1-6H;1-2H3/b13-12-;;. The Morgan fingerprint density at radius 3 is 1.92 bits per heavy atom. The molecule has 0 spiro atoms. The van der Waals surface area contributed by atoms with Crippen LogP contribution in [0.4, 0.5) is 0 Å². The third-order valence-corrected chi connectivity index (χ3v) is 5.45. The van der Waals surface area contributed by atoms with Crippen molar-refractivity contribution in [1.82, 2.24) is 29.5 Å². The molecular formula is C32H30N6. The number of hydrogen-bond acceptors (Lipinski definition) is 4. The number of fused-ring (bicyclic) bond motifs is 2. The summed E-state index contributed by atoms with van der Waals surface area (Å²) in [6.07, 6.45) is 7.23. The molecule has 0 saturated heterocycles. The van der Waals surface area contributed by atoms with Gasteiger partial charge in [-0.25, -0.2) is 19.9 Å². The summed E-state index contributed by atoms with van der Waals surface area (Å²) in [6.45, 7) is 12.4. The van der Waals surface area contributed by atoms with E-state index in [1.165, 1.54) is 0 Å². The second kappa shape index (κ2) is 12.7. The molecule has 4 aromatic heterocycles. The van der Waals surface area contributed by atoms with E-state index in [-0.39, 0.29) is 0 Å². The summed E-state index contributed by atoms with van der Waals surface area (Å²) >= 11 is 0. The largest absolute Gasteiger partial charge is 0.337 e. The van der Waals surface area contributed by atoms with E-state index >= 15 is 0 Å². The number of H-pyrrole nitrogens is 1. The van der Waals surface area contributed by atoms with Gasteiger partial charge < -0.3 is 4.98 Å². The molecule has 6 heteroatoms. The van der Waals surface area contributed by atoms with E-state index in [0.717, 1.165) is 33.7 Å². The van der Waals surface area contributed by atoms with Crippen molar-refractivity contribution in [2.24, 2.45) is 0 Å². The van der Waals surface area contributed by atoms with Crippen molar-refractivity contribution in [1.29, 1.82) is 0 Å². The SMILES string of the molecule is C=C(/C=C\C(=C)c1nc2ncccc2n1-c1ccccc1)c1nc2ncccc2[nH]1.CC.c1ccccc1. The van der Waals surface area contributed by atoms with Gasteiger partial charge >= 0.3 is 0 Å². The first-order valence-electron chi connectivity index (χ1n) is 12.5. The topological polar surface area (TPSA) is 72.3 Å². The number of imidazole rings is 2. The van der Waals surface area contributed by atoms with Crippen LogP contribution in [0.3, 0.4) is 0 Å². The van der Waals surface area contributed by atoms with E-state index in [1.54, 1.807) is 12.4 Å². The lowest BCUT2D eigenvalue weighted by molar-refractivity contribution is 1.06. The molecule has 0 aliphatic rings. The van der Waals surface area contributed by atoms with Crippen molar-refractivity contribution in [3.8, 4) is 5.69 Å². The number of benzene rings is 2. The summed E-state index contributed by atoms with van der Waals surface area (Å²) in [5.74, 6) is 1.40. The molecule has 6 rings (SSSR count). The van der Waals surface area contributed by atoms with E-state index in [0.29, 0.717) is 17.1 Å². The van der Waals surface area contributed by atoms with Gasteiger partial charge in [0, 0.05) is 29.2 Å². The molecule has 6 nitrogen and oxygen atoms in total. The van der Waals surface area contributed by atoms with E-state index < -0.39 is 0 Å². The molecule has 4 heterocycles. The molecule has 1 N–H and O–H groups in total. The number of aromatic nitrogens is 6. The lowest BCUT2D eigenvalue weighted by Crippen LogP contribution is -1.99. The Kier molecular flexibility index (Phi) is 8.71. The molecule has 0 aliphatic heterocycles. The molecule has 0 bridgehead atoms. The van der Waals surface area contributed by atoms with Crippen molar-refractivity contribution in [3.63, 3.8) is 0 Å². The average molecular weight is 499 g/mol. The monoisotopic (exact) mass is 498 g/mol. The normalized spacial score (nSPS) is 10.5. The zero-order chi connectivity index (χ0) is 26.7. The van der Waals surface area contributed by atoms with E-state index in [4.69, 9.17) is 4.98 Å². The Balaban J connectivity index is 0.000000366. The molecule has 2 aromatic carbocycles. The minimum atomic E-state index is 0.665. The maximum Gasteiger partial charge on any atom is 0.178 e. The van der Waals surface area contributed by atoms with Crippen molar-refractivity contribution in [2.45, 2.75) is 13.8 Å². The van der Waals surface area contributed by atoms with Gasteiger partial charge in [-0.2, -0.15) is 0 Å². The summed E-state index contributed by atoms with van der Waals surface area (Å²) in [6, 6.07) is 29.8. The van der Waals surface area contributed by atoms with Gasteiger partial charge in [0.2, 0.25) is 0 Å². The van der Waals surface area contributed by atoms with Crippen molar-refractivity contribution >= 4 is 33.5 Å². The highest BCUT2D eigenvalue weighted by Crippen LogP contribution is 2.25. The Hall–Kier alpha value is -5.10. The number of para-hydroxylation sites is 1. The number of nitrogens with one attached hydrogen (secondary N) is 1. The number of pyridine rings is 2. The van der Waals surface area contributed by atoms with Crippen LogP contribution < -0.4 is 0 Å². The summed E-state index contributed by atoms with van der Waals surface area (Å²) in [4.78, 5) is 21.1. The predicted octanol–water partition coefficient (Wildman–Crippen LogP) is 7.69.